The summed E-state index contributed by atoms with van der Waals surface area (Å²) in [4.78, 5) is 11.2. The topological polar surface area (TPSA) is 50.4 Å². The van der Waals surface area contributed by atoms with Crippen molar-refractivity contribution >= 4 is 17.3 Å². The van der Waals surface area contributed by atoms with Gasteiger partial charge >= 0.3 is 0 Å². The Kier molecular flexibility index (Phi) is 5.62. The number of anilines is 2. The maximum absolute atomic E-state index is 11.2. The van der Waals surface area contributed by atoms with Crippen molar-refractivity contribution in [2.45, 2.75) is 58.6 Å². The predicted octanol–water partition coefficient (Wildman–Crippen LogP) is 3.71. The molecule has 2 atom stereocenters. The van der Waals surface area contributed by atoms with Gasteiger partial charge in [0.2, 0.25) is 5.91 Å². The Morgan fingerprint density at radius 3 is 2.95 bits per heavy atom. The number of carbonyl (C=O) groups is 1. The van der Waals surface area contributed by atoms with E-state index in [0.717, 1.165) is 49.2 Å². The van der Waals surface area contributed by atoms with E-state index in [0.29, 0.717) is 12.1 Å². The van der Waals surface area contributed by atoms with E-state index in [1.54, 1.807) is 0 Å². The molecule has 4 nitrogen and oxygen atoms in total. The van der Waals surface area contributed by atoms with Gasteiger partial charge in [0, 0.05) is 30.9 Å². The lowest BCUT2D eigenvalue weighted by molar-refractivity contribution is -0.114. The summed E-state index contributed by atoms with van der Waals surface area (Å²) < 4.78 is 5.78. The van der Waals surface area contributed by atoms with Crippen LogP contribution in [0.5, 0.6) is 0 Å². The van der Waals surface area contributed by atoms with Crippen LogP contribution >= 0.6 is 0 Å². The summed E-state index contributed by atoms with van der Waals surface area (Å²) in [6.45, 7) is 6.56. The molecular formula is C17H26N2O2. The standard InChI is InChI=1S/C17H26N2O2/c1-4-5-16-10-15(8-9-21-16)19-14-7-6-12(2)17(11-14)18-13(3)20/h6-7,11,15-16,19H,4-5,8-10H2,1-3H3,(H,18,20). The van der Waals surface area contributed by atoms with Crippen LogP contribution in [-0.2, 0) is 9.53 Å². The third kappa shape index (κ3) is 4.74. The lowest BCUT2D eigenvalue weighted by atomic mass is 9.99. The van der Waals surface area contributed by atoms with E-state index in [1.807, 2.05) is 19.1 Å². The first kappa shape index (κ1) is 15.8. The molecule has 21 heavy (non-hydrogen) atoms. The summed E-state index contributed by atoms with van der Waals surface area (Å²) >= 11 is 0. The van der Waals surface area contributed by atoms with Crippen molar-refractivity contribution in [2.24, 2.45) is 0 Å². The van der Waals surface area contributed by atoms with Crippen molar-refractivity contribution in [3.05, 3.63) is 23.8 Å². The first-order chi connectivity index (χ1) is 10.1. The number of nitrogens with one attached hydrogen (secondary N) is 2. The Morgan fingerprint density at radius 1 is 1.43 bits per heavy atom. The first-order valence-electron chi connectivity index (χ1n) is 7.85. The highest BCUT2D eigenvalue weighted by atomic mass is 16.5. The zero-order valence-electron chi connectivity index (χ0n) is 13.2. The SMILES string of the molecule is CCCC1CC(Nc2ccc(C)c(NC(C)=O)c2)CCO1. The van der Waals surface area contributed by atoms with Crippen LogP contribution in [0.2, 0.25) is 0 Å². The molecule has 2 unspecified atom stereocenters. The van der Waals surface area contributed by atoms with Crippen LogP contribution in [0.1, 0.15) is 45.1 Å². The summed E-state index contributed by atoms with van der Waals surface area (Å²) in [7, 11) is 0. The molecule has 1 aliphatic rings. The van der Waals surface area contributed by atoms with E-state index < -0.39 is 0 Å². The summed E-state index contributed by atoms with van der Waals surface area (Å²) in [5.41, 5.74) is 3.02. The zero-order chi connectivity index (χ0) is 15.2. The molecule has 0 spiro atoms. The molecular weight excluding hydrogens is 264 g/mol. The third-order valence-electron chi connectivity index (χ3n) is 3.90. The molecule has 0 bridgehead atoms. The molecule has 2 N–H and O–H groups in total. The van der Waals surface area contributed by atoms with Gasteiger partial charge in [-0.1, -0.05) is 19.4 Å². The van der Waals surface area contributed by atoms with Gasteiger partial charge < -0.3 is 15.4 Å². The normalized spacial score (nSPS) is 21.9. The minimum absolute atomic E-state index is 0.0377. The number of carbonyl (C=O) groups excluding carboxylic acids is 1. The maximum atomic E-state index is 11.2. The van der Waals surface area contributed by atoms with E-state index in [-0.39, 0.29) is 5.91 Å². The Morgan fingerprint density at radius 2 is 2.24 bits per heavy atom. The highest BCUT2D eigenvalue weighted by Gasteiger charge is 2.21. The van der Waals surface area contributed by atoms with Crippen molar-refractivity contribution < 1.29 is 9.53 Å². The monoisotopic (exact) mass is 290 g/mol. The lowest BCUT2D eigenvalue weighted by Gasteiger charge is -2.31. The van der Waals surface area contributed by atoms with Crippen LogP contribution < -0.4 is 10.6 Å². The van der Waals surface area contributed by atoms with Gasteiger partial charge in [-0.05, 0) is 43.9 Å². The fourth-order valence-electron chi connectivity index (χ4n) is 2.81. The Bertz CT molecular complexity index is 486. The maximum Gasteiger partial charge on any atom is 0.221 e. The Balaban J connectivity index is 2.00. The van der Waals surface area contributed by atoms with Crippen LogP contribution in [0.3, 0.4) is 0 Å². The fraction of sp³-hybridized carbons (Fsp3) is 0.588. The second kappa shape index (κ2) is 7.46. The average Bonchev–Trinajstić information content (AvgIpc) is 2.43. The van der Waals surface area contributed by atoms with Gasteiger partial charge in [0.05, 0.1) is 6.10 Å². The van der Waals surface area contributed by atoms with Gasteiger partial charge in [0.15, 0.2) is 0 Å². The van der Waals surface area contributed by atoms with Crippen molar-refractivity contribution in [3.63, 3.8) is 0 Å². The van der Waals surface area contributed by atoms with Gasteiger partial charge in [0.25, 0.3) is 0 Å². The number of hydrogen-bond acceptors (Lipinski definition) is 3. The van der Waals surface area contributed by atoms with E-state index in [4.69, 9.17) is 4.74 Å². The zero-order valence-corrected chi connectivity index (χ0v) is 13.2. The molecule has 1 aromatic rings. The van der Waals surface area contributed by atoms with Crippen molar-refractivity contribution in [1.29, 1.82) is 0 Å². The Hall–Kier alpha value is -1.55. The molecule has 0 aromatic heterocycles. The van der Waals surface area contributed by atoms with Gasteiger partial charge in [-0.3, -0.25) is 4.79 Å². The van der Waals surface area contributed by atoms with E-state index >= 15 is 0 Å². The van der Waals surface area contributed by atoms with Crippen LogP contribution in [-0.4, -0.2) is 24.7 Å². The molecule has 0 radical (unpaired) electrons. The van der Waals surface area contributed by atoms with Crippen molar-refractivity contribution in [3.8, 4) is 0 Å². The smallest absolute Gasteiger partial charge is 0.221 e. The fourth-order valence-corrected chi connectivity index (χ4v) is 2.81. The summed E-state index contributed by atoms with van der Waals surface area (Å²) in [5.74, 6) is -0.0377. The molecule has 1 saturated heterocycles. The molecule has 0 saturated carbocycles. The van der Waals surface area contributed by atoms with E-state index in [9.17, 15) is 4.79 Å². The summed E-state index contributed by atoms with van der Waals surface area (Å²) in [6.07, 6.45) is 4.75. The van der Waals surface area contributed by atoms with Gasteiger partial charge in [-0.25, -0.2) is 0 Å². The molecule has 1 heterocycles. The largest absolute Gasteiger partial charge is 0.382 e. The highest BCUT2D eigenvalue weighted by Crippen LogP contribution is 2.25. The predicted molar refractivity (Wildman–Crippen MR) is 86.8 cm³/mol. The number of aryl methyl sites for hydroxylation is 1. The van der Waals surface area contributed by atoms with Crippen LogP contribution in [0.4, 0.5) is 11.4 Å². The molecule has 116 valence electrons. The van der Waals surface area contributed by atoms with Crippen LogP contribution in [0.25, 0.3) is 0 Å². The molecule has 1 aliphatic heterocycles. The molecule has 0 aliphatic carbocycles. The number of hydrogen-bond donors (Lipinski definition) is 2. The van der Waals surface area contributed by atoms with Crippen molar-refractivity contribution in [1.82, 2.24) is 0 Å². The number of ether oxygens (including phenoxy) is 1. The number of amides is 1. The molecule has 4 heteroatoms. The lowest BCUT2D eigenvalue weighted by Crippen LogP contribution is -2.34. The first-order valence-corrected chi connectivity index (χ1v) is 7.85. The quantitative estimate of drug-likeness (QED) is 0.869. The van der Waals surface area contributed by atoms with Gasteiger partial charge in [-0.2, -0.15) is 0 Å². The Labute approximate surface area is 127 Å². The van der Waals surface area contributed by atoms with E-state index in [2.05, 4.69) is 23.6 Å². The average molecular weight is 290 g/mol. The number of benzene rings is 1. The minimum Gasteiger partial charge on any atom is -0.382 e. The molecule has 1 fully saturated rings. The highest BCUT2D eigenvalue weighted by molar-refractivity contribution is 5.90. The number of rotatable bonds is 5. The van der Waals surface area contributed by atoms with Gasteiger partial charge in [0.1, 0.15) is 0 Å². The second-order valence-electron chi connectivity index (χ2n) is 5.86. The van der Waals surface area contributed by atoms with Crippen LogP contribution in [0.15, 0.2) is 18.2 Å². The minimum atomic E-state index is -0.0377. The summed E-state index contributed by atoms with van der Waals surface area (Å²) in [6, 6.07) is 6.57. The third-order valence-corrected chi connectivity index (χ3v) is 3.90. The van der Waals surface area contributed by atoms with Crippen LogP contribution in [0, 0.1) is 6.92 Å². The molecule has 1 aromatic carbocycles. The molecule has 2 rings (SSSR count). The molecule has 1 amide bonds. The van der Waals surface area contributed by atoms with E-state index in [1.165, 1.54) is 6.92 Å². The second-order valence-corrected chi connectivity index (χ2v) is 5.86. The van der Waals surface area contributed by atoms with Gasteiger partial charge in [-0.15, -0.1) is 0 Å². The summed E-state index contributed by atoms with van der Waals surface area (Å²) in [5, 5.41) is 6.45. The van der Waals surface area contributed by atoms with Crippen molar-refractivity contribution in [2.75, 3.05) is 17.2 Å².